The number of ether oxygens (including phenoxy) is 1. The van der Waals surface area contributed by atoms with Gasteiger partial charge in [0, 0.05) is 5.56 Å². The number of benzene rings is 1. The van der Waals surface area contributed by atoms with Crippen LogP contribution < -0.4 is 5.73 Å². The molecule has 3 N–H and O–H groups in total. The van der Waals surface area contributed by atoms with Crippen LogP contribution in [-0.4, -0.2) is 27.5 Å². The molecule has 0 amide bonds. The molecule has 3 unspecified atom stereocenters. The summed E-state index contributed by atoms with van der Waals surface area (Å²) >= 11 is 0. The Morgan fingerprint density at radius 1 is 1.30 bits per heavy atom. The number of nitrogens with two attached hydrogens (primary N) is 1. The van der Waals surface area contributed by atoms with E-state index in [0.717, 1.165) is 19.3 Å². The van der Waals surface area contributed by atoms with Crippen molar-refractivity contribution in [2.24, 2.45) is 0 Å². The lowest BCUT2D eigenvalue weighted by Crippen LogP contribution is -2.15. The summed E-state index contributed by atoms with van der Waals surface area (Å²) in [5.74, 6) is 1.42. The second kappa shape index (κ2) is 4.21. The van der Waals surface area contributed by atoms with Crippen molar-refractivity contribution in [3.8, 4) is 17.2 Å². The van der Waals surface area contributed by atoms with Crippen LogP contribution in [0, 0.1) is 0 Å². The van der Waals surface area contributed by atoms with Crippen LogP contribution in [0.1, 0.15) is 31.0 Å². The molecule has 104 valence electrons. The molecule has 2 fully saturated rings. The number of nitrogens with zero attached hydrogens (tertiary/aromatic N) is 2. The Morgan fingerprint density at radius 2 is 2.20 bits per heavy atom. The van der Waals surface area contributed by atoms with Crippen LogP contribution in [0.4, 0.5) is 5.69 Å². The van der Waals surface area contributed by atoms with E-state index in [9.17, 15) is 5.11 Å². The predicted molar refractivity (Wildman–Crippen MR) is 71.1 cm³/mol. The van der Waals surface area contributed by atoms with Gasteiger partial charge in [0.25, 0.3) is 5.89 Å². The molecule has 3 heterocycles. The third-order valence-electron chi connectivity index (χ3n) is 4.15. The maximum absolute atomic E-state index is 9.43. The third kappa shape index (κ3) is 1.76. The standard InChI is InChI=1S/C14H15N3O3/c15-10-5-7(1-3-11(10)18)14-16-13(17-20-14)9-6-8-2-4-12(9)19-8/h1,3,5,8-9,12,18H,2,4,6,15H2. The lowest BCUT2D eigenvalue weighted by molar-refractivity contribution is 0.0996. The van der Waals surface area contributed by atoms with Crippen molar-refractivity contribution in [1.29, 1.82) is 0 Å². The molecule has 0 radical (unpaired) electrons. The number of hydrogen-bond acceptors (Lipinski definition) is 6. The minimum absolute atomic E-state index is 0.0509. The highest BCUT2D eigenvalue weighted by atomic mass is 16.5. The minimum atomic E-state index is 0.0509. The molecule has 20 heavy (non-hydrogen) atoms. The average molecular weight is 273 g/mol. The van der Waals surface area contributed by atoms with Gasteiger partial charge >= 0.3 is 0 Å². The summed E-state index contributed by atoms with van der Waals surface area (Å²) in [6.07, 6.45) is 3.78. The fourth-order valence-corrected chi connectivity index (χ4v) is 3.10. The molecule has 1 aromatic carbocycles. The summed E-state index contributed by atoms with van der Waals surface area (Å²) in [4.78, 5) is 4.46. The number of fused-ring (bicyclic) bond motifs is 2. The monoisotopic (exact) mass is 273 g/mol. The summed E-state index contributed by atoms with van der Waals surface area (Å²) < 4.78 is 11.1. The van der Waals surface area contributed by atoms with Crippen molar-refractivity contribution in [2.75, 3.05) is 5.73 Å². The van der Waals surface area contributed by atoms with Crippen LogP contribution in [0.15, 0.2) is 22.7 Å². The molecule has 0 saturated carbocycles. The molecule has 4 rings (SSSR count). The Bertz CT molecular complexity index is 655. The number of anilines is 1. The van der Waals surface area contributed by atoms with E-state index >= 15 is 0 Å². The lowest BCUT2D eigenvalue weighted by Gasteiger charge is -2.13. The first-order valence-corrected chi connectivity index (χ1v) is 6.78. The molecule has 2 bridgehead atoms. The maximum atomic E-state index is 9.43. The highest BCUT2D eigenvalue weighted by Gasteiger charge is 2.43. The summed E-state index contributed by atoms with van der Waals surface area (Å²) in [6.45, 7) is 0. The minimum Gasteiger partial charge on any atom is -0.506 e. The van der Waals surface area contributed by atoms with Crippen molar-refractivity contribution >= 4 is 5.69 Å². The quantitative estimate of drug-likeness (QED) is 0.642. The number of phenolic OH excluding ortho intramolecular Hbond substituents is 1. The molecule has 6 nitrogen and oxygen atoms in total. The van der Waals surface area contributed by atoms with Gasteiger partial charge in [-0.2, -0.15) is 4.98 Å². The zero-order valence-electron chi connectivity index (χ0n) is 10.8. The van der Waals surface area contributed by atoms with Gasteiger partial charge in [-0.25, -0.2) is 0 Å². The second-order valence-electron chi connectivity index (χ2n) is 5.45. The van der Waals surface area contributed by atoms with Crippen LogP contribution in [0.25, 0.3) is 11.5 Å². The van der Waals surface area contributed by atoms with E-state index in [4.69, 9.17) is 15.0 Å². The Labute approximate surface area is 115 Å². The summed E-state index contributed by atoms with van der Waals surface area (Å²) in [5, 5.41) is 13.5. The second-order valence-corrected chi connectivity index (χ2v) is 5.45. The van der Waals surface area contributed by atoms with Gasteiger partial charge in [0.2, 0.25) is 0 Å². The lowest BCUT2D eigenvalue weighted by atomic mass is 9.89. The number of phenols is 1. The van der Waals surface area contributed by atoms with Gasteiger partial charge in [0.15, 0.2) is 5.82 Å². The molecule has 2 aliphatic heterocycles. The van der Waals surface area contributed by atoms with Gasteiger partial charge in [-0.1, -0.05) is 5.16 Å². The van der Waals surface area contributed by atoms with Crippen LogP contribution in [0.3, 0.4) is 0 Å². The predicted octanol–water partition coefficient (Wildman–Crippen LogP) is 2.06. The van der Waals surface area contributed by atoms with E-state index in [1.807, 2.05) is 0 Å². The highest BCUT2D eigenvalue weighted by Crippen LogP contribution is 2.43. The molecule has 0 spiro atoms. The van der Waals surface area contributed by atoms with Crippen molar-refractivity contribution in [3.05, 3.63) is 24.0 Å². The molecule has 3 atom stereocenters. The Morgan fingerprint density at radius 3 is 2.90 bits per heavy atom. The normalized spacial score (nSPS) is 28.1. The number of aromatic hydroxyl groups is 1. The van der Waals surface area contributed by atoms with Crippen molar-refractivity contribution in [2.45, 2.75) is 37.4 Å². The Hall–Kier alpha value is -2.08. The zero-order chi connectivity index (χ0) is 13.7. The van der Waals surface area contributed by atoms with Crippen LogP contribution in [-0.2, 0) is 4.74 Å². The van der Waals surface area contributed by atoms with Gasteiger partial charge in [-0.3, -0.25) is 0 Å². The zero-order valence-corrected chi connectivity index (χ0v) is 10.8. The third-order valence-corrected chi connectivity index (χ3v) is 4.15. The summed E-state index contributed by atoms with van der Waals surface area (Å²) in [6, 6.07) is 4.86. The van der Waals surface area contributed by atoms with Gasteiger partial charge in [0.1, 0.15) is 5.75 Å². The topological polar surface area (TPSA) is 94.4 Å². The Balaban J connectivity index is 1.63. The van der Waals surface area contributed by atoms with E-state index in [-0.39, 0.29) is 17.8 Å². The fourth-order valence-electron chi connectivity index (χ4n) is 3.10. The SMILES string of the molecule is Nc1cc(-c2nc(C3CC4CCC3O4)no2)ccc1O. The first-order chi connectivity index (χ1) is 9.70. The van der Waals surface area contributed by atoms with Crippen LogP contribution >= 0.6 is 0 Å². The molecule has 1 aromatic heterocycles. The van der Waals surface area contributed by atoms with Gasteiger partial charge < -0.3 is 20.1 Å². The number of rotatable bonds is 2. The van der Waals surface area contributed by atoms with E-state index in [1.54, 1.807) is 12.1 Å². The maximum Gasteiger partial charge on any atom is 0.258 e. The van der Waals surface area contributed by atoms with E-state index in [1.165, 1.54) is 6.07 Å². The fraction of sp³-hybridized carbons (Fsp3) is 0.429. The van der Waals surface area contributed by atoms with Gasteiger partial charge in [0.05, 0.1) is 23.8 Å². The average Bonchev–Trinajstić information content (AvgIpc) is 3.16. The highest BCUT2D eigenvalue weighted by molar-refractivity contribution is 5.64. The number of aromatic nitrogens is 2. The van der Waals surface area contributed by atoms with Crippen LogP contribution in [0.2, 0.25) is 0 Å². The number of hydrogen-bond donors (Lipinski definition) is 2. The summed E-state index contributed by atoms with van der Waals surface area (Å²) in [7, 11) is 0. The largest absolute Gasteiger partial charge is 0.506 e. The van der Waals surface area contributed by atoms with Crippen LogP contribution in [0.5, 0.6) is 5.75 Å². The first-order valence-electron chi connectivity index (χ1n) is 6.78. The molecule has 2 saturated heterocycles. The molecular formula is C14H15N3O3. The van der Waals surface area contributed by atoms with E-state index < -0.39 is 0 Å². The van der Waals surface area contributed by atoms with Crippen molar-refractivity contribution in [3.63, 3.8) is 0 Å². The smallest absolute Gasteiger partial charge is 0.258 e. The number of nitrogen functional groups attached to an aromatic ring is 1. The molecule has 2 aliphatic rings. The Kier molecular flexibility index (Phi) is 2.47. The molecule has 0 aliphatic carbocycles. The van der Waals surface area contributed by atoms with E-state index in [2.05, 4.69) is 10.1 Å². The van der Waals surface area contributed by atoms with E-state index in [0.29, 0.717) is 29.1 Å². The molecular weight excluding hydrogens is 258 g/mol. The van der Waals surface area contributed by atoms with Gasteiger partial charge in [-0.15, -0.1) is 0 Å². The molecule has 2 aromatic rings. The van der Waals surface area contributed by atoms with Crippen molar-refractivity contribution in [1.82, 2.24) is 10.1 Å². The first kappa shape index (κ1) is 11.7. The molecule has 6 heteroatoms. The van der Waals surface area contributed by atoms with Gasteiger partial charge in [-0.05, 0) is 37.5 Å². The van der Waals surface area contributed by atoms with Crippen molar-refractivity contribution < 1.29 is 14.4 Å². The summed E-state index contributed by atoms with van der Waals surface area (Å²) in [5.41, 5.74) is 6.68.